The molecule has 0 spiro atoms. The Kier molecular flexibility index (Phi) is 4.34. The van der Waals surface area contributed by atoms with E-state index in [9.17, 15) is 9.59 Å². The van der Waals surface area contributed by atoms with E-state index in [-0.39, 0.29) is 18.0 Å². The topological polar surface area (TPSA) is 70.7 Å². The van der Waals surface area contributed by atoms with Crippen molar-refractivity contribution in [3.05, 3.63) is 29.8 Å². The summed E-state index contributed by atoms with van der Waals surface area (Å²) < 4.78 is 7.11. The third-order valence-electron chi connectivity index (χ3n) is 6.85. The number of carbonyl (C=O) groups is 2. The number of fused-ring (bicyclic) bond motifs is 5. The molecule has 0 saturated carbocycles. The third-order valence-corrected chi connectivity index (χ3v) is 11.5. The summed E-state index contributed by atoms with van der Waals surface area (Å²) in [6, 6.07) is 10.2. The van der Waals surface area contributed by atoms with Gasteiger partial charge in [-0.1, -0.05) is 39.0 Å². The molecule has 0 bridgehead atoms. The first kappa shape index (κ1) is 18.5. The fourth-order valence-electron chi connectivity index (χ4n) is 5.07. The Morgan fingerprint density at radius 1 is 1.15 bits per heavy atom. The lowest BCUT2D eigenvalue weighted by Crippen LogP contribution is -2.63. The number of nitrogens with one attached hydrogen (secondary N) is 2. The number of nitrogens with zero attached hydrogens (tertiary/aromatic N) is 1. The highest BCUT2D eigenvalue weighted by molar-refractivity contribution is 6.73. The Balaban J connectivity index is 1.84. The van der Waals surface area contributed by atoms with E-state index < -0.39 is 26.0 Å². The molecule has 2 amide bonds. The summed E-state index contributed by atoms with van der Waals surface area (Å²) in [5.74, 6) is -0.109. The van der Waals surface area contributed by atoms with E-state index in [2.05, 4.69) is 37.5 Å². The summed E-state index contributed by atoms with van der Waals surface area (Å²) in [5, 5.41) is 6.36. The molecule has 3 heterocycles. The number of hydrogen-bond donors (Lipinski definition) is 2. The van der Waals surface area contributed by atoms with Crippen LogP contribution >= 0.6 is 0 Å². The van der Waals surface area contributed by atoms with Gasteiger partial charge in [0, 0.05) is 17.7 Å². The monoisotopic (exact) mass is 387 g/mol. The lowest BCUT2D eigenvalue weighted by molar-refractivity contribution is -0.148. The van der Waals surface area contributed by atoms with Crippen LogP contribution in [0.15, 0.2) is 24.3 Å². The molecule has 0 aromatic heterocycles. The molecule has 4 rings (SSSR count). The molecule has 1 aromatic carbocycles. The van der Waals surface area contributed by atoms with E-state index in [1.807, 2.05) is 18.2 Å². The van der Waals surface area contributed by atoms with Gasteiger partial charge in [-0.25, -0.2) is 0 Å². The maximum absolute atomic E-state index is 13.0. The summed E-state index contributed by atoms with van der Waals surface area (Å²) in [4.78, 5) is 27.5. The highest BCUT2D eigenvalue weighted by Crippen LogP contribution is 2.54. The van der Waals surface area contributed by atoms with Gasteiger partial charge in [0.2, 0.25) is 11.8 Å². The van der Waals surface area contributed by atoms with Crippen molar-refractivity contribution in [3.8, 4) is 0 Å². The first-order valence-electron chi connectivity index (χ1n) is 10.1. The molecule has 2 saturated heterocycles. The quantitative estimate of drug-likeness (QED) is 0.762. The van der Waals surface area contributed by atoms with E-state index >= 15 is 0 Å². The van der Waals surface area contributed by atoms with Crippen LogP contribution in [0.1, 0.15) is 39.7 Å². The van der Waals surface area contributed by atoms with Crippen molar-refractivity contribution in [1.82, 2.24) is 10.2 Å². The Labute approximate surface area is 161 Å². The van der Waals surface area contributed by atoms with Crippen molar-refractivity contribution in [2.24, 2.45) is 0 Å². The molecular weight excluding hydrogens is 358 g/mol. The molecule has 146 valence electrons. The number of hydrogen-bond acceptors (Lipinski definition) is 4. The van der Waals surface area contributed by atoms with Crippen molar-refractivity contribution >= 4 is 25.8 Å². The molecule has 0 aliphatic carbocycles. The molecule has 3 aliphatic rings. The number of anilines is 1. The van der Waals surface area contributed by atoms with Gasteiger partial charge in [-0.15, -0.1) is 0 Å². The van der Waals surface area contributed by atoms with Gasteiger partial charge in [0.05, 0.1) is 0 Å². The van der Waals surface area contributed by atoms with E-state index in [1.165, 1.54) is 0 Å². The van der Waals surface area contributed by atoms with E-state index in [1.54, 1.807) is 11.8 Å². The maximum Gasteiger partial charge on any atom is 0.247 e. The van der Waals surface area contributed by atoms with Crippen molar-refractivity contribution in [2.75, 3.05) is 5.32 Å². The highest BCUT2D eigenvalue weighted by Gasteiger charge is 2.64. The van der Waals surface area contributed by atoms with Crippen LogP contribution in [0.2, 0.25) is 18.1 Å². The van der Waals surface area contributed by atoms with Crippen LogP contribution in [0.3, 0.4) is 0 Å². The second kappa shape index (κ2) is 6.34. The van der Waals surface area contributed by atoms with Crippen LogP contribution in [-0.2, 0) is 19.6 Å². The molecule has 6 nitrogen and oxygen atoms in total. The minimum absolute atomic E-state index is 0.0351. The number of piperazine rings is 1. The largest absolute Gasteiger partial charge is 0.403 e. The average Bonchev–Trinajstić information content (AvgIpc) is 3.15. The Hall–Kier alpha value is -1.86. The second-order valence-electron chi connectivity index (χ2n) is 8.02. The minimum atomic E-state index is -1.98. The smallest absolute Gasteiger partial charge is 0.247 e. The van der Waals surface area contributed by atoms with Crippen molar-refractivity contribution in [1.29, 1.82) is 0 Å². The molecule has 0 radical (unpaired) electrons. The van der Waals surface area contributed by atoms with Crippen LogP contribution in [0.4, 0.5) is 5.69 Å². The predicted molar refractivity (Wildman–Crippen MR) is 107 cm³/mol. The summed E-state index contributed by atoms with van der Waals surface area (Å²) in [5.41, 5.74) is 1.45. The van der Waals surface area contributed by atoms with Gasteiger partial charge in [-0.05, 0) is 31.1 Å². The van der Waals surface area contributed by atoms with Crippen LogP contribution in [0.5, 0.6) is 0 Å². The van der Waals surface area contributed by atoms with Crippen molar-refractivity contribution in [2.45, 2.75) is 76.1 Å². The SMILES string of the molecule is CC[Si](CC)(CC)O[C@]12C[C@H]3C(=O)N[C@@H](C)C(=O)N3[C@H]1Nc1ccccc12. The zero-order valence-electron chi connectivity index (χ0n) is 16.5. The van der Waals surface area contributed by atoms with Crippen molar-refractivity contribution < 1.29 is 14.0 Å². The highest BCUT2D eigenvalue weighted by atomic mass is 28.4. The first-order chi connectivity index (χ1) is 12.9. The van der Waals surface area contributed by atoms with E-state index in [0.717, 1.165) is 29.4 Å². The van der Waals surface area contributed by atoms with Gasteiger partial charge in [0.15, 0.2) is 8.32 Å². The number of rotatable bonds is 5. The molecule has 7 heteroatoms. The summed E-state index contributed by atoms with van der Waals surface area (Å²) in [6.45, 7) is 8.38. The Morgan fingerprint density at radius 3 is 2.48 bits per heavy atom. The van der Waals surface area contributed by atoms with Crippen LogP contribution in [0, 0.1) is 0 Å². The number of benzene rings is 1. The van der Waals surface area contributed by atoms with Crippen LogP contribution in [0.25, 0.3) is 0 Å². The summed E-state index contributed by atoms with van der Waals surface area (Å²) in [7, 11) is -1.98. The summed E-state index contributed by atoms with van der Waals surface area (Å²) >= 11 is 0. The molecule has 27 heavy (non-hydrogen) atoms. The molecule has 2 N–H and O–H groups in total. The predicted octanol–water partition coefficient (Wildman–Crippen LogP) is 2.77. The van der Waals surface area contributed by atoms with Gasteiger partial charge in [0.25, 0.3) is 0 Å². The van der Waals surface area contributed by atoms with Gasteiger partial charge >= 0.3 is 0 Å². The molecule has 3 aliphatic heterocycles. The maximum atomic E-state index is 13.0. The minimum Gasteiger partial charge on any atom is -0.403 e. The zero-order valence-corrected chi connectivity index (χ0v) is 17.5. The fraction of sp³-hybridized carbons (Fsp3) is 0.600. The zero-order chi connectivity index (χ0) is 19.4. The van der Waals surface area contributed by atoms with Gasteiger partial charge in [-0.2, -0.15) is 0 Å². The van der Waals surface area contributed by atoms with Crippen LogP contribution in [-0.4, -0.2) is 43.3 Å². The lowest BCUT2D eigenvalue weighted by Gasteiger charge is -2.41. The number of carbonyl (C=O) groups excluding carboxylic acids is 2. The lowest BCUT2D eigenvalue weighted by atomic mass is 9.91. The second-order valence-corrected chi connectivity index (χ2v) is 12.7. The normalized spacial score (nSPS) is 31.9. The number of amides is 2. The van der Waals surface area contributed by atoms with Crippen LogP contribution < -0.4 is 10.6 Å². The molecular formula is C20H29N3O3Si. The van der Waals surface area contributed by atoms with Crippen molar-refractivity contribution in [3.63, 3.8) is 0 Å². The van der Waals surface area contributed by atoms with E-state index in [4.69, 9.17) is 4.43 Å². The fourth-order valence-corrected chi connectivity index (χ4v) is 8.08. The Bertz CT molecular complexity index is 773. The summed E-state index contributed by atoms with van der Waals surface area (Å²) in [6.07, 6.45) is 0.193. The standard InChI is InChI=1S/C20H29N3O3Si/c1-5-27(6-2,7-3)26-20-12-16-17(24)21-13(4)18(25)23(16)19(20)22-15-11-9-8-10-14(15)20/h8-11,13,16,19,22H,5-7,12H2,1-4H3,(H,21,24)/t13-,16-,19+,20-/m0/s1. The molecule has 4 atom stereocenters. The van der Waals surface area contributed by atoms with Gasteiger partial charge in [-0.3, -0.25) is 9.59 Å². The van der Waals surface area contributed by atoms with Gasteiger partial charge in [0.1, 0.15) is 23.9 Å². The molecule has 2 fully saturated rings. The molecule has 0 unspecified atom stereocenters. The van der Waals surface area contributed by atoms with E-state index in [0.29, 0.717) is 6.42 Å². The number of para-hydroxylation sites is 1. The van der Waals surface area contributed by atoms with Gasteiger partial charge < -0.3 is 20.0 Å². The Morgan fingerprint density at radius 2 is 1.81 bits per heavy atom. The average molecular weight is 388 g/mol. The molecule has 1 aromatic rings. The first-order valence-corrected chi connectivity index (χ1v) is 12.6. The third kappa shape index (κ3) is 2.47.